The van der Waals surface area contributed by atoms with Crippen LogP contribution in [0.5, 0.6) is 0 Å². The van der Waals surface area contributed by atoms with Gasteiger partial charge >= 0.3 is 0 Å². The molecule has 0 aromatic carbocycles. The van der Waals surface area contributed by atoms with Gasteiger partial charge in [0, 0.05) is 6.61 Å². The number of rotatable bonds is 10. The van der Waals surface area contributed by atoms with Gasteiger partial charge in [0.05, 0.1) is 12.7 Å². The summed E-state index contributed by atoms with van der Waals surface area (Å²) in [6, 6.07) is 0. The largest absolute Gasteiger partial charge is 0.391 e. The number of aliphatic hydroxyl groups excluding tert-OH is 1. The minimum absolute atomic E-state index is 0.277. The topological polar surface area (TPSA) is 29.5 Å². The van der Waals surface area contributed by atoms with E-state index in [1.54, 1.807) is 0 Å². The lowest BCUT2D eigenvalue weighted by molar-refractivity contribution is 0.0250. The van der Waals surface area contributed by atoms with Gasteiger partial charge in [-0.25, -0.2) is 0 Å². The van der Waals surface area contributed by atoms with E-state index in [1.165, 1.54) is 25.7 Å². The maximum absolute atomic E-state index is 9.54. The number of hydrogen-bond acceptors (Lipinski definition) is 2. The molecule has 0 rings (SSSR count). The van der Waals surface area contributed by atoms with E-state index in [4.69, 9.17) is 4.74 Å². The van der Waals surface area contributed by atoms with Gasteiger partial charge < -0.3 is 9.84 Å². The molecule has 0 fully saturated rings. The predicted molar refractivity (Wildman–Crippen MR) is 65.0 cm³/mol. The Labute approximate surface area is 95.0 Å². The maximum Gasteiger partial charge on any atom is 0.0776 e. The van der Waals surface area contributed by atoms with Crippen LogP contribution in [0.4, 0.5) is 0 Å². The molecule has 0 saturated heterocycles. The minimum atomic E-state index is -0.277. The predicted octanol–water partition coefficient (Wildman–Crippen LogP) is 3.38. The normalized spacial score (nSPS) is 13.4. The molecular formula is C13H28O2. The van der Waals surface area contributed by atoms with Crippen LogP contribution in [0.3, 0.4) is 0 Å². The fourth-order valence-electron chi connectivity index (χ4n) is 1.64. The highest BCUT2D eigenvalue weighted by molar-refractivity contribution is 4.56. The highest BCUT2D eigenvalue weighted by atomic mass is 16.5. The van der Waals surface area contributed by atoms with Gasteiger partial charge in [0.2, 0.25) is 0 Å². The summed E-state index contributed by atoms with van der Waals surface area (Å²) in [5.74, 6) is 0.549. The Morgan fingerprint density at radius 1 is 1.07 bits per heavy atom. The molecular weight excluding hydrogens is 188 g/mol. The first-order valence-corrected chi connectivity index (χ1v) is 6.42. The van der Waals surface area contributed by atoms with E-state index in [-0.39, 0.29) is 6.10 Å². The van der Waals surface area contributed by atoms with E-state index in [1.807, 2.05) is 0 Å². The zero-order valence-corrected chi connectivity index (χ0v) is 10.7. The molecule has 1 atom stereocenters. The molecule has 0 aliphatic rings. The van der Waals surface area contributed by atoms with Gasteiger partial charge in [-0.15, -0.1) is 0 Å². The molecule has 0 bridgehead atoms. The van der Waals surface area contributed by atoms with Gasteiger partial charge in [-0.1, -0.05) is 46.5 Å². The van der Waals surface area contributed by atoms with E-state index in [9.17, 15) is 5.11 Å². The molecule has 0 aromatic heterocycles. The molecule has 15 heavy (non-hydrogen) atoms. The van der Waals surface area contributed by atoms with Crippen molar-refractivity contribution in [1.29, 1.82) is 0 Å². The second-order valence-corrected chi connectivity index (χ2v) is 4.77. The third-order valence-electron chi connectivity index (χ3n) is 2.45. The molecule has 1 N–H and O–H groups in total. The van der Waals surface area contributed by atoms with Crippen LogP contribution in [-0.4, -0.2) is 24.4 Å². The highest BCUT2D eigenvalue weighted by Gasteiger charge is 2.06. The molecule has 2 heteroatoms. The van der Waals surface area contributed by atoms with Crippen LogP contribution >= 0.6 is 0 Å². The van der Waals surface area contributed by atoms with Gasteiger partial charge in [-0.05, 0) is 18.8 Å². The molecule has 1 unspecified atom stereocenters. The van der Waals surface area contributed by atoms with Crippen LogP contribution in [0, 0.1) is 5.92 Å². The molecule has 0 aliphatic carbocycles. The first-order chi connectivity index (χ1) is 7.16. The van der Waals surface area contributed by atoms with Gasteiger partial charge in [0.15, 0.2) is 0 Å². The van der Waals surface area contributed by atoms with Crippen molar-refractivity contribution in [1.82, 2.24) is 0 Å². The lowest BCUT2D eigenvalue weighted by Gasteiger charge is -2.13. The highest BCUT2D eigenvalue weighted by Crippen LogP contribution is 2.06. The van der Waals surface area contributed by atoms with Gasteiger partial charge in [0.1, 0.15) is 0 Å². The van der Waals surface area contributed by atoms with Crippen molar-refractivity contribution in [2.45, 2.75) is 65.4 Å². The van der Waals surface area contributed by atoms with Crippen LogP contribution in [0.25, 0.3) is 0 Å². The van der Waals surface area contributed by atoms with Crippen LogP contribution in [-0.2, 0) is 4.74 Å². The molecule has 0 heterocycles. The lowest BCUT2D eigenvalue weighted by atomic mass is 10.1. The third-order valence-corrected chi connectivity index (χ3v) is 2.45. The summed E-state index contributed by atoms with van der Waals surface area (Å²) in [5, 5.41) is 9.54. The molecule has 0 radical (unpaired) electrons. The lowest BCUT2D eigenvalue weighted by Crippen LogP contribution is -2.17. The van der Waals surface area contributed by atoms with E-state index in [2.05, 4.69) is 20.8 Å². The fraction of sp³-hybridized carbons (Fsp3) is 1.00. The molecule has 0 amide bonds. The van der Waals surface area contributed by atoms with E-state index >= 15 is 0 Å². The number of ether oxygens (including phenoxy) is 1. The van der Waals surface area contributed by atoms with E-state index in [0.717, 1.165) is 19.4 Å². The summed E-state index contributed by atoms with van der Waals surface area (Å²) in [6.45, 7) is 7.77. The summed E-state index contributed by atoms with van der Waals surface area (Å²) in [4.78, 5) is 0. The molecule has 2 nitrogen and oxygen atoms in total. The second kappa shape index (κ2) is 10.4. The standard InChI is InChI=1S/C13H28O2/c1-4-5-6-7-8-9-15-11-13(14)10-12(2)3/h12-14H,4-11H2,1-3H3. The Kier molecular flexibility index (Phi) is 10.4. The Morgan fingerprint density at radius 3 is 2.33 bits per heavy atom. The van der Waals surface area contributed by atoms with Crippen molar-refractivity contribution in [3.8, 4) is 0 Å². The zero-order chi connectivity index (χ0) is 11.5. The van der Waals surface area contributed by atoms with Gasteiger partial charge in [0.25, 0.3) is 0 Å². The summed E-state index contributed by atoms with van der Waals surface area (Å²) < 4.78 is 5.43. The van der Waals surface area contributed by atoms with Crippen LogP contribution in [0.1, 0.15) is 59.3 Å². The Balaban J connectivity index is 3.09. The van der Waals surface area contributed by atoms with E-state index < -0.39 is 0 Å². The Bertz CT molecular complexity index is 124. The first kappa shape index (κ1) is 14.9. The van der Waals surface area contributed by atoms with Gasteiger partial charge in [-0.3, -0.25) is 0 Å². The van der Waals surface area contributed by atoms with Crippen LogP contribution in [0.15, 0.2) is 0 Å². The summed E-state index contributed by atoms with van der Waals surface area (Å²) in [7, 11) is 0. The average Bonchev–Trinajstić information content (AvgIpc) is 2.15. The fourth-order valence-corrected chi connectivity index (χ4v) is 1.64. The molecule has 0 spiro atoms. The van der Waals surface area contributed by atoms with Crippen molar-refractivity contribution in [3.63, 3.8) is 0 Å². The molecule has 0 aliphatic heterocycles. The maximum atomic E-state index is 9.54. The zero-order valence-electron chi connectivity index (χ0n) is 10.7. The molecule has 0 saturated carbocycles. The Hall–Kier alpha value is -0.0800. The van der Waals surface area contributed by atoms with Gasteiger partial charge in [-0.2, -0.15) is 0 Å². The SMILES string of the molecule is CCCCCCCOCC(O)CC(C)C. The monoisotopic (exact) mass is 216 g/mol. The first-order valence-electron chi connectivity index (χ1n) is 6.42. The summed E-state index contributed by atoms with van der Waals surface area (Å²) in [5.41, 5.74) is 0. The second-order valence-electron chi connectivity index (χ2n) is 4.77. The van der Waals surface area contributed by atoms with Crippen molar-refractivity contribution >= 4 is 0 Å². The smallest absolute Gasteiger partial charge is 0.0776 e. The van der Waals surface area contributed by atoms with Crippen molar-refractivity contribution in [3.05, 3.63) is 0 Å². The molecule has 92 valence electrons. The van der Waals surface area contributed by atoms with Crippen LogP contribution < -0.4 is 0 Å². The van der Waals surface area contributed by atoms with Crippen molar-refractivity contribution < 1.29 is 9.84 Å². The quantitative estimate of drug-likeness (QED) is 0.567. The minimum Gasteiger partial charge on any atom is -0.391 e. The third kappa shape index (κ3) is 11.8. The number of unbranched alkanes of at least 4 members (excludes halogenated alkanes) is 4. The Morgan fingerprint density at radius 2 is 1.73 bits per heavy atom. The van der Waals surface area contributed by atoms with Crippen molar-refractivity contribution in [2.24, 2.45) is 5.92 Å². The molecule has 0 aromatic rings. The number of hydrogen-bond donors (Lipinski definition) is 1. The average molecular weight is 216 g/mol. The van der Waals surface area contributed by atoms with Crippen molar-refractivity contribution in [2.75, 3.05) is 13.2 Å². The van der Waals surface area contributed by atoms with E-state index in [0.29, 0.717) is 12.5 Å². The number of aliphatic hydroxyl groups is 1. The summed E-state index contributed by atoms with van der Waals surface area (Å²) in [6.07, 6.45) is 6.89. The summed E-state index contributed by atoms with van der Waals surface area (Å²) >= 11 is 0. The van der Waals surface area contributed by atoms with Crippen LogP contribution in [0.2, 0.25) is 0 Å².